The fraction of sp³-hybridized carbons (Fsp3) is 0.778. The van der Waals surface area contributed by atoms with Crippen LogP contribution >= 0.6 is 11.3 Å². The van der Waals surface area contributed by atoms with Crippen LogP contribution in [0.5, 0.6) is 0 Å². The summed E-state index contributed by atoms with van der Waals surface area (Å²) in [5.41, 5.74) is 0.126. The van der Waals surface area contributed by atoms with Gasteiger partial charge in [0.2, 0.25) is 5.91 Å². The Bertz CT molecular complexity index is 521. The van der Waals surface area contributed by atoms with Gasteiger partial charge in [-0.1, -0.05) is 41.0 Å². The van der Waals surface area contributed by atoms with Crippen LogP contribution in [0, 0.1) is 5.92 Å². The highest BCUT2D eigenvalue weighted by molar-refractivity contribution is 7.11. The molecule has 1 fully saturated rings. The van der Waals surface area contributed by atoms with E-state index in [4.69, 9.17) is 0 Å². The molecule has 1 N–H and O–H groups in total. The van der Waals surface area contributed by atoms with Gasteiger partial charge < -0.3 is 10.2 Å². The maximum atomic E-state index is 11.9. The molecule has 2 rings (SSSR count). The first-order valence-electron chi connectivity index (χ1n) is 8.81. The molecule has 1 aromatic rings. The van der Waals surface area contributed by atoms with Crippen molar-refractivity contribution in [3.05, 3.63) is 16.1 Å². The van der Waals surface area contributed by atoms with Crippen LogP contribution in [-0.4, -0.2) is 34.9 Å². The Hall–Kier alpha value is -0.940. The Labute approximate surface area is 144 Å². The molecule has 1 aromatic heterocycles. The predicted octanol–water partition coefficient (Wildman–Crippen LogP) is 3.57. The van der Waals surface area contributed by atoms with Gasteiger partial charge in [-0.05, 0) is 12.3 Å². The number of carbonyl (C=O) groups excluding carboxylic acids is 1. The minimum absolute atomic E-state index is 0.126. The minimum Gasteiger partial charge on any atom is -0.342 e. The van der Waals surface area contributed by atoms with Gasteiger partial charge in [-0.2, -0.15) is 0 Å². The van der Waals surface area contributed by atoms with Gasteiger partial charge >= 0.3 is 0 Å². The highest BCUT2D eigenvalue weighted by Crippen LogP contribution is 2.27. The number of thiazole rings is 1. The maximum absolute atomic E-state index is 11.9. The van der Waals surface area contributed by atoms with Crippen molar-refractivity contribution in [1.29, 1.82) is 0 Å². The number of hydrogen-bond donors (Lipinski definition) is 1. The molecule has 23 heavy (non-hydrogen) atoms. The molecule has 1 amide bonds. The van der Waals surface area contributed by atoms with Gasteiger partial charge in [0.25, 0.3) is 0 Å². The lowest BCUT2D eigenvalue weighted by Crippen LogP contribution is -2.50. The SMILES string of the molecule is CCC(=O)N1CC[C@H](NCc2cnc(C(C)(C)C)s2)[C@H](CC)C1. The fourth-order valence-corrected chi connectivity index (χ4v) is 4.05. The van der Waals surface area contributed by atoms with E-state index in [0.29, 0.717) is 24.3 Å². The van der Waals surface area contributed by atoms with E-state index in [0.717, 1.165) is 32.5 Å². The van der Waals surface area contributed by atoms with E-state index in [1.54, 1.807) is 0 Å². The third kappa shape index (κ3) is 4.77. The zero-order valence-electron chi connectivity index (χ0n) is 15.2. The zero-order valence-corrected chi connectivity index (χ0v) is 16.0. The monoisotopic (exact) mass is 337 g/mol. The van der Waals surface area contributed by atoms with Gasteiger partial charge in [0.1, 0.15) is 0 Å². The standard InChI is InChI=1S/C18H31N3OS/c1-6-13-12-21(16(22)7-2)9-8-15(13)19-10-14-11-20-17(23-14)18(3,4)5/h11,13,15,19H,6-10,12H2,1-5H3/t13-,15+/m1/s1. The van der Waals surface area contributed by atoms with Crippen molar-refractivity contribution >= 4 is 17.2 Å². The van der Waals surface area contributed by atoms with E-state index < -0.39 is 0 Å². The summed E-state index contributed by atoms with van der Waals surface area (Å²) in [6.45, 7) is 13.5. The molecule has 1 saturated heterocycles. The summed E-state index contributed by atoms with van der Waals surface area (Å²) < 4.78 is 0. The van der Waals surface area contributed by atoms with Crippen molar-refractivity contribution in [2.45, 2.75) is 71.9 Å². The van der Waals surface area contributed by atoms with Crippen LogP contribution in [0.4, 0.5) is 0 Å². The quantitative estimate of drug-likeness (QED) is 0.893. The molecule has 0 bridgehead atoms. The molecule has 1 aliphatic rings. The fourth-order valence-electron chi connectivity index (χ4n) is 3.13. The largest absolute Gasteiger partial charge is 0.342 e. The number of carbonyl (C=O) groups is 1. The summed E-state index contributed by atoms with van der Waals surface area (Å²) in [6.07, 6.45) is 4.79. The third-order valence-corrected chi connectivity index (χ3v) is 6.07. The summed E-state index contributed by atoms with van der Waals surface area (Å²) in [7, 11) is 0. The summed E-state index contributed by atoms with van der Waals surface area (Å²) in [5, 5.41) is 4.91. The van der Waals surface area contributed by atoms with Gasteiger partial charge in [0, 0.05) is 48.6 Å². The van der Waals surface area contributed by atoms with Crippen molar-refractivity contribution < 1.29 is 4.79 Å². The van der Waals surface area contributed by atoms with Crippen molar-refractivity contribution in [3.8, 4) is 0 Å². The molecule has 0 saturated carbocycles. The molecular weight excluding hydrogens is 306 g/mol. The molecule has 0 aliphatic carbocycles. The van der Waals surface area contributed by atoms with Crippen molar-refractivity contribution in [3.63, 3.8) is 0 Å². The molecule has 0 spiro atoms. The smallest absolute Gasteiger partial charge is 0.222 e. The second-order valence-corrected chi connectivity index (χ2v) is 8.63. The van der Waals surface area contributed by atoms with E-state index in [2.05, 4.69) is 38.0 Å². The van der Waals surface area contributed by atoms with Crippen LogP contribution in [0.1, 0.15) is 63.8 Å². The van der Waals surface area contributed by atoms with Crippen molar-refractivity contribution in [1.82, 2.24) is 15.2 Å². The summed E-state index contributed by atoms with van der Waals surface area (Å²) in [6, 6.07) is 0.501. The Morgan fingerprint density at radius 2 is 2.17 bits per heavy atom. The number of hydrogen-bond acceptors (Lipinski definition) is 4. The van der Waals surface area contributed by atoms with E-state index in [-0.39, 0.29) is 5.41 Å². The normalized spacial score (nSPS) is 22.4. The number of amides is 1. The van der Waals surface area contributed by atoms with E-state index in [1.807, 2.05) is 29.4 Å². The van der Waals surface area contributed by atoms with Crippen LogP contribution in [0.3, 0.4) is 0 Å². The number of nitrogens with one attached hydrogen (secondary N) is 1. The second kappa shape index (κ2) is 7.75. The molecule has 5 heteroatoms. The van der Waals surface area contributed by atoms with Crippen LogP contribution in [0.15, 0.2) is 6.20 Å². The highest BCUT2D eigenvalue weighted by atomic mass is 32.1. The first kappa shape index (κ1) is 18.4. The lowest BCUT2D eigenvalue weighted by Gasteiger charge is -2.38. The van der Waals surface area contributed by atoms with Gasteiger partial charge in [-0.25, -0.2) is 4.98 Å². The van der Waals surface area contributed by atoms with Gasteiger partial charge in [0.15, 0.2) is 0 Å². The lowest BCUT2D eigenvalue weighted by molar-refractivity contribution is -0.133. The van der Waals surface area contributed by atoms with E-state index >= 15 is 0 Å². The lowest BCUT2D eigenvalue weighted by atomic mass is 9.89. The molecule has 0 aromatic carbocycles. The number of likely N-dealkylation sites (tertiary alicyclic amines) is 1. The minimum atomic E-state index is 0.126. The van der Waals surface area contributed by atoms with Gasteiger partial charge in [-0.3, -0.25) is 4.79 Å². The summed E-state index contributed by atoms with van der Waals surface area (Å²) >= 11 is 1.81. The number of piperidine rings is 1. The predicted molar refractivity (Wildman–Crippen MR) is 96.7 cm³/mol. The van der Waals surface area contributed by atoms with Crippen molar-refractivity contribution in [2.75, 3.05) is 13.1 Å². The zero-order chi connectivity index (χ0) is 17.0. The highest BCUT2D eigenvalue weighted by Gasteiger charge is 2.29. The Morgan fingerprint density at radius 1 is 1.43 bits per heavy atom. The van der Waals surface area contributed by atoms with Gasteiger partial charge in [0.05, 0.1) is 5.01 Å². The molecular formula is C18H31N3OS. The van der Waals surface area contributed by atoms with Crippen LogP contribution in [0.25, 0.3) is 0 Å². The van der Waals surface area contributed by atoms with Crippen molar-refractivity contribution in [2.24, 2.45) is 5.92 Å². The van der Waals surface area contributed by atoms with E-state index in [9.17, 15) is 4.79 Å². The summed E-state index contributed by atoms with van der Waals surface area (Å²) in [4.78, 5) is 19.8. The molecule has 4 nitrogen and oxygen atoms in total. The maximum Gasteiger partial charge on any atom is 0.222 e. The van der Waals surface area contributed by atoms with E-state index in [1.165, 1.54) is 9.88 Å². The molecule has 1 aliphatic heterocycles. The molecule has 0 unspecified atom stereocenters. The average molecular weight is 338 g/mol. The summed E-state index contributed by atoms with van der Waals surface area (Å²) in [5.74, 6) is 0.841. The topological polar surface area (TPSA) is 45.2 Å². The third-order valence-electron chi connectivity index (χ3n) is 4.65. The first-order valence-corrected chi connectivity index (χ1v) is 9.63. The van der Waals surface area contributed by atoms with Crippen LogP contribution < -0.4 is 5.32 Å². The molecule has 0 radical (unpaired) electrons. The molecule has 2 atom stereocenters. The van der Waals surface area contributed by atoms with Gasteiger partial charge in [-0.15, -0.1) is 11.3 Å². The number of nitrogens with zero attached hydrogens (tertiary/aromatic N) is 2. The first-order chi connectivity index (χ1) is 10.8. The Kier molecular flexibility index (Phi) is 6.20. The Balaban J connectivity index is 1.90. The van der Waals surface area contributed by atoms with Crippen LogP contribution in [0.2, 0.25) is 0 Å². The molecule has 2 heterocycles. The molecule has 130 valence electrons. The number of rotatable bonds is 5. The Morgan fingerprint density at radius 3 is 2.74 bits per heavy atom. The average Bonchev–Trinajstić information content (AvgIpc) is 3.01. The second-order valence-electron chi connectivity index (χ2n) is 7.52. The number of aromatic nitrogens is 1. The van der Waals surface area contributed by atoms with Crippen LogP contribution in [-0.2, 0) is 16.8 Å².